The molecule has 5 nitrogen and oxygen atoms in total. The van der Waals surface area contributed by atoms with Crippen molar-refractivity contribution in [3.05, 3.63) is 23.4 Å². The summed E-state index contributed by atoms with van der Waals surface area (Å²) in [6.45, 7) is 8.84. The molecule has 1 amide bonds. The fourth-order valence-electron chi connectivity index (χ4n) is 2.62. The van der Waals surface area contributed by atoms with Crippen molar-refractivity contribution in [2.45, 2.75) is 58.1 Å². The fourth-order valence-corrected chi connectivity index (χ4v) is 2.62. The zero-order valence-electron chi connectivity index (χ0n) is 13.3. The normalized spacial score (nSPS) is 21.3. The number of carbonyl (C=O) groups is 1. The third kappa shape index (κ3) is 4.17. The number of nitrogens with one attached hydrogen (secondary N) is 1. The van der Waals surface area contributed by atoms with Gasteiger partial charge < -0.3 is 15.8 Å². The summed E-state index contributed by atoms with van der Waals surface area (Å²) in [6.07, 6.45) is 1.66. The van der Waals surface area contributed by atoms with Crippen LogP contribution in [0.4, 0.5) is 5.82 Å². The van der Waals surface area contributed by atoms with Crippen LogP contribution in [-0.2, 0) is 4.74 Å². The lowest BCUT2D eigenvalue weighted by Gasteiger charge is -2.35. The average Bonchev–Trinajstić information content (AvgIpc) is 2.36. The topological polar surface area (TPSA) is 77.2 Å². The summed E-state index contributed by atoms with van der Waals surface area (Å²) >= 11 is 0. The maximum atomic E-state index is 12.4. The van der Waals surface area contributed by atoms with Crippen LogP contribution in [0, 0.1) is 0 Å². The maximum Gasteiger partial charge on any atom is 0.251 e. The first-order chi connectivity index (χ1) is 9.77. The van der Waals surface area contributed by atoms with Gasteiger partial charge in [-0.3, -0.25) is 4.79 Å². The molecule has 5 heteroatoms. The molecule has 0 aliphatic carbocycles. The Morgan fingerprint density at radius 2 is 2.19 bits per heavy atom. The predicted octanol–water partition coefficient (Wildman–Crippen LogP) is 2.47. The third-order valence-electron chi connectivity index (χ3n) is 3.75. The zero-order valence-corrected chi connectivity index (χ0v) is 13.3. The Kier molecular flexibility index (Phi) is 4.52. The highest BCUT2D eigenvalue weighted by Crippen LogP contribution is 2.24. The Balaban J connectivity index is 2.10. The van der Waals surface area contributed by atoms with E-state index in [2.05, 4.69) is 10.3 Å². The van der Waals surface area contributed by atoms with Crippen LogP contribution in [0.3, 0.4) is 0 Å². The van der Waals surface area contributed by atoms with Crippen molar-refractivity contribution in [3.8, 4) is 0 Å². The SMILES string of the molecule is CC(C)c1cc(C(=O)NC2CCOC(C)(C)C2)cc(N)n1. The number of hydrogen-bond acceptors (Lipinski definition) is 4. The molecule has 0 aromatic carbocycles. The smallest absolute Gasteiger partial charge is 0.251 e. The average molecular weight is 291 g/mol. The second kappa shape index (κ2) is 6.02. The van der Waals surface area contributed by atoms with Crippen molar-refractivity contribution >= 4 is 11.7 Å². The van der Waals surface area contributed by atoms with E-state index < -0.39 is 0 Å². The number of nitrogen functional groups attached to an aromatic ring is 1. The first-order valence-electron chi connectivity index (χ1n) is 7.49. The zero-order chi connectivity index (χ0) is 15.6. The van der Waals surface area contributed by atoms with E-state index in [4.69, 9.17) is 10.5 Å². The van der Waals surface area contributed by atoms with Gasteiger partial charge in [0.05, 0.1) is 5.60 Å². The molecule has 2 heterocycles. The van der Waals surface area contributed by atoms with Gasteiger partial charge in [0.15, 0.2) is 0 Å². The quantitative estimate of drug-likeness (QED) is 0.897. The summed E-state index contributed by atoms with van der Waals surface area (Å²) in [7, 11) is 0. The Morgan fingerprint density at radius 1 is 1.48 bits per heavy atom. The van der Waals surface area contributed by atoms with Gasteiger partial charge in [0.2, 0.25) is 0 Å². The lowest BCUT2D eigenvalue weighted by molar-refractivity contribution is -0.0615. The molecule has 0 bridgehead atoms. The van der Waals surface area contributed by atoms with Gasteiger partial charge in [-0.15, -0.1) is 0 Å². The number of amides is 1. The Labute approximate surface area is 126 Å². The summed E-state index contributed by atoms with van der Waals surface area (Å²) in [4.78, 5) is 16.7. The minimum absolute atomic E-state index is 0.0892. The van der Waals surface area contributed by atoms with Gasteiger partial charge in [0, 0.05) is 23.9 Å². The van der Waals surface area contributed by atoms with Gasteiger partial charge in [0.25, 0.3) is 5.91 Å². The molecule has 1 fully saturated rings. The summed E-state index contributed by atoms with van der Waals surface area (Å²) in [5.41, 5.74) is 7.04. The molecule has 21 heavy (non-hydrogen) atoms. The number of pyridine rings is 1. The highest BCUT2D eigenvalue weighted by Gasteiger charge is 2.29. The predicted molar refractivity (Wildman–Crippen MR) is 83.3 cm³/mol. The summed E-state index contributed by atoms with van der Waals surface area (Å²) in [6, 6.07) is 3.59. The molecular formula is C16H25N3O2. The minimum atomic E-state index is -0.184. The molecule has 116 valence electrons. The van der Waals surface area contributed by atoms with E-state index >= 15 is 0 Å². The van der Waals surface area contributed by atoms with Gasteiger partial charge in [-0.05, 0) is 44.7 Å². The molecule has 1 aromatic rings. The van der Waals surface area contributed by atoms with Crippen LogP contribution < -0.4 is 11.1 Å². The number of nitrogens with two attached hydrogens (primary N) is 1. The molecule has 1 aromatic heterocycles. The van der Waals surface area contributed by atoms with Crippen molar-refractivity contribution in [2.75, 3.05) is 12.3 Å². The first-order valence-corrected chi connectivity index (χ1v) is 7.49. The van der Waals surface area contributed by atoms with Crippen molar-refractivity contribution in [1.82, 2.24) is 10.3 Å². The van der Waals surface area contributed by atoms with Crippen molar-refractivity contribution in [3.63, 3.8) is 0 Å². The summed E-state index contributed by atoms with van der Waals surface area (Å²) < 4.78 is 5.67. The standard InChI is InChI=1S/C16H25N3O2/c1-10(2)13-7-11(8-14(17)19-13)15(20)18-12-5-6-21-16(3,4)9-12/h7-8,10,12H,5-6,9H2,1-4H3,(H2,17,19)(H,18,20). The van der Waals surface area contributed by atoms with Crippen molar-refractivity contribution in [2.24, 2.45) is 0 Å². The Morgan fingerprint density at radius 3 is 2.81 bits per heavy atom. The van der Waals surface area contributed by atoms with E-state index in [-0.39, 0.29) is 23.5 Å². The minimum Gasteiger partial charge on any atom is -0.384 e. The molecule has 0 saturated carbocycles. The van der Waals surface area contributed by atoms with Crippen LogP contribution in [0.25, 0.3) is 0 Å². The number of aromatic nitrogens is 1. The second-order valence-corrected chi connectivity index (χ2v) is 6.63. The van der Waals surface area contributed by atoms with E-state index in [0.29, 0.717) is 18.0 Å². The molecule has 1 aliphatic rings. The number of ether oxygens (including phenoxy) is 1. The lowest BCUT2D eigenvalue weighted by atomic mass is 9.93. The van der Waals surface area contributed by atoms with Crippen LogP contribution in [-0.4, -0.2) is 29.1 Å². The molecule has 2 rings (SSSR count). The monoisotopic (exact) mass is 291 g/mol. The second-order valence-electron chi connectivity index (χ2n) is 6.63. The van der Waals surface area contributed by atoms with E-state index in [1.165, 1.54) is 0 Å². The van der Waals surface area contributed by atoms with E-state index in [9.17, 15) is 4.79 Å². The van der Waals surface area contributed by atoms with Gasteiger partial charge >= 0.3 is 0 Å². The van der Waals surface area contributed by atoms with Crippen LogP contribution in [0.1, 0.15) is 62.5 Å². The van der Waals surface area contributed by atoms with Gasteiger partial charge in [-0.25, -0.2) is 4.98 Å². The number of hydrogen-bond donors (Lipinski definition) is 2. The molecular weight excluding hydrogens is 266 g/mol. The molecule has 0 radical (unpaired) electrons. The molecule has 1 atom stereocenters. The number of anilines is 1. The Bertz CT molecular complexity index is 526. The van der Waals surface area contributed by atoms with Crippen LogP contribution in [0.5, 0.6) is 0 Å². The number of nitrogens with zero attached hydrogens (tertiary/aromatic N) is 1. The van der Waals surface area contributed by atoms with E-state index in [0.717, 1.165) is 18.5 Å². The maximum absolute atomic E-state index is 12.4. The highest BCUT2D eigenvalue weighted by molar-refractivity contribution is 5.95. The summed E-state index contributed by atoms with van der Waals surface area (Å²) in [5, 5.41) is 3.08. The van der Waals surface area contributed by atoms with Crippen LogP contribution in [0.2, 0.25) is 0 Å². The number of rotatable bonds is 3. The van der Waals surface area contributed by atoms with Gasteiger partial charge in [0.1, 0.15) is 5.82 Å². The molecule has 1 unspecified atom stereocenters. The van der Waals surface area contributed by atoms with Gasteiger partial charge in [-0.1, -0.05) is 13.8 Å². The van der Waals surface area contributed by atoms with E-state index in [1.54, 1.807) is 6.07 Å². The Hall–Kier alpha value is -1.62. The molecule has 0 spiro atoms. The molecule has 1 aliphatic heterocycles. The fraction of sp³-hybridized carbons (Fsp3) is 0.625. The largest absolute Gasteiger partial charge is 0.384 e. The first kappa shape index (κ1) is 15.8. The third-order valence-corrected chi connectivity index (χ3v) is 3.75. The van der Waals surface area contributed by atoms with Crippen LogP contribution >= 0.6 is 0 Å². The lowest BCUT2D eigenvalue weighted by Crippen LogP contribution is -2.45. The highest BCUT2D eigenvalue weighted by atomic mass is 16.5. The van der Waals surface area contributed by atoms with E-state index in [1.807, 2.05) is 33.8 Å². The van der Waals surface area contributed by atoms with Gasteiger partial charge in [-0.2, -0.15) is 0 Å². The molecule has 3 N–H and O–H groups in total. The molecule has 1 saturated heterocycles. The van der Waals surface area contributed by atoms with Crippen molar-refractivity contribution < 1.29 is 9.53 Å². The summed E-state index contributed by atoms with van der Waals surface area (Å²) in [5.74, 6) is 0.537. The van der Waals surface area contributed by atoms with Crippen LogP contribution in [0.15, 0.2) is 12.1 Å². The number of carbonyl (C=O) groups excluding carboxylic acids is 1. The van der Waals surface area contributed by atoms with Crippen molar-refractivity contribution in [1.29, 1.82) is 0 Å².